The average Bonchev–Trinajstić information content (AvgIpc) is 2.73. The first kappa shape index (κ1) is 16.3. The van der Waals surface area contributed by atoms with Crippen molar-refractivity contribution >= 4 is 11.8 Å². The number of amides is 2. The van der Waals surface area contributed by atoms with Crippen LogP contribution in [0.25, 0.3) is 0 Å². The minimum atomic E-state index is -0.430. The first-order valence-corrected chi connectivity index (χ1v) is 6.77. The number of rotatable bonds is 5. The zero-order valence-corrected chi connectivity index (χ0v) is 12.9. The van der Waals surface area contributed by atoms with Crippen molar-refractivity contribution < 1.29 is 14.0 Å². The maximum Gasteiger partial charge on any atom is 0.225 e. The van der Waals surface area contributed by atoms with Gasteiger partial charge in [0.05, 0.1) is 6.54 Å². The van der Waals surface area contributed by atoms with Crippen LogP contribution in [0.1, 0.15) is 38.7 Å². The average molecular weight is 280 g/mol. The minimum absolute atomic E-state index is 0.0201. The molecule has 0 aromatic carbocycles. The van der Waals surface area contributed by atoms with Gasteiger partial charge in [0.2, 0.25) is 11.8 Å². The molecule has 20 heavy (non-hydrogen) atoms. The fraction of sp³-hybridized carbons (Fsp3) is 0.600. The number of nitrogens with zero attached hydrogens (tertiary/aromatic N) is 1. The molecule has 0 bridgehead atoms. The highest BCUT2D eigenvalue weighted by Gasteiger charge is 2.21. The molecule has 1 N–H and O–H groups in total. The van der Waals surface area contributed by atoms with E-state index in [2.05, 4.69) is 5.32 Å². The van der Waals surface area contributed by atoms with Crippen LogP contribution in [0.5, 0.6) is 0 Å². The standard InChI is InChI=1S/C15H24N2O3/c1-11-6-7-12(20-11)10-17(5)13(18)8-9-16-14(19)15(2,3)4/h6-7H,8-10H2,1-5H3,(H,16,19). The van der Waals surface area contributed by atoms with E-state index in [4.69, 9.17) is 4.42 Å². The molecule has 2 amide bonds. The Labute approximate surface area is 120 Å². The lowest BCUT2D eigenvalue weighted by molar-refractivity contribution is -0.131. The van der Waals surface area contributed by atoms with Crippen molar-refractivity contribution in [2.75, 3.05) is 13.6 Å². The molecular formula is C15H24N2O3. The van der Waals surface area contributed by atoms with Crippen LogP contribution in [0.15, 0.2) is 16.5 Å². The predicted octanol–water partition coefficient (Wildman–Crippen LogP) is 2.10. The topological polar surface area (TPSA) is 62.6 Å². The number of furan rings is 1. The maximum atomic E-state index is 11.9. The van der Waals surface area contributed by atoms with Crippen LogP contribution < -0.4 is 5.32 Å². The molecule has 5 nitrogen and oxygen atoms in total. The van der Waals surface area contributed by atoms with Gasteiger partial charge in [-0.3, -0.25) is 9.59 Å². The minimum Gasteiger partial charge on any atom is -0.464 e. The number of hydrogen-bond acceptors (Lipinski definition) is 3. The van der Waals surface area contributed by atoms with E-state index in [1.165, 1.54) is 0 Å². The summed E-state index contributed by atoms with van der Waals surface area (Å²) >= 11 is 0. The van der Waals surface area contributed by atoms with Gasteiger partial charge in [-0.1, -0.05) is 20.8 Å². The lowest BCUT2D eigenvalue weighted by Crippen LogP contribution is -2.37. The zero-order valence-electron chi connectivity index (χ0n) is 12.9. The molecule has 1 heterocycles. The summed E-state index contributed by atoms with van der Waals surface area (Å²) in [6.45, 7) is 8.20. The molecule has 0 aliphatic carbocycles. The second-order valence-corrected chi connectivity index (χ2v) is 6.02. The highest BCUT2D eigenvalue weighted by Crippen LogP contribution is 2.12. The molecule has 0 radical (unpaired) electrons. The second-order valence-electron chi connectivity index (χ2n) is 6.02. The van der Waals surface area contributed by atoms with Crippen molar-refractivity contribution in [2.24, 2.45) is 5.41 Å². The van der Waals surface area contributed by atoms with Gasteiger partial charge >= 0.3 is 0 Å². The summed E-state index contributed by atoms with van der Waals surface area (Å²) in [6, 6.07) is 3.73. The highest BCUT2D eigenvalue weighted by atomic mass is 16.3. The summed E-state index contributed by atoms with van der Waals surface area (Å²) in [5, 5.41) is 2.77. The molecule has 5 heteroatoms. The normalized spacial score (nSPS) is 11.2. The molecule has 0 unspecified atom stereocenters. The summed E-state index contributed by atoms with van der Waals surface area (Å²) in [5.41, 5.74) is -0.430. The van der Waals surface area contributed by atoms with Gasteiger partial charge in [-0.25, -0.2) is 0 Å². The van der Waals surface area contributed by atoms with Crippen LogP contribution in [0.2, 0.25) is 0 Å². The molecule has 1 rings (SSSR count). The molecule has 0 spiro atoms. The van der Waals surface area contributed by atoms with Gasteiger partial charge in [-0.15, -0.1) is 0 Å². The van der Waals surface area contributed by atoms with Crippen LogP contribution in [-0.2, 0) is 16.1 Å². The lowest BCUT2D eigenvalue weighted by Gasteiger charge is -2.19. The van der Waals surface area contributed by atoms with Crippen LogP contribution in [0.4, 0.5) is 0 Å². The van der Waals surface area contributed by atoms with E-state index in [-0.39, 0.29) is 18.2 Å². The molecule has 0 aliphatic rings. The number of aryl methyl sites for hydroxylation is 1. The van der Waals surface area contributed by atoms with Crippen LogP contribution in [0, 0.1) is 12.3 Å². The number of carbonyl (C=O) groups is 2. The zero-order chi connectivity index (χ0) is 15.3. The molecule has 0 aliphatic heterocycles. The first-order chi connectivity index (χ1) is 9.20. The van der Waals surface area contributed by atoms with Gasteiger partial charge in [0.1, 0.15) is 11.5 Å². The first-order valence-electron chi connectivity index (χ1n) is 6.77. The Morgan fingerprint density at radius 3 is 2.45 bits per heavy atom. The summed E-state index contributed by atoms with van der Waals surface area (Å²) in [5.74, 6) is 1.53. The van der Waals surface area contributed by atoms with Gasteiger partial charge in [0.15, 0.2) is 0 Å². The Bertz CT molecular complexity index is 472. The van der Waals surface area contributed by atoms with Crippen molar-refractivity contribution in [3.8, 4) is 0 Å². The fourth-order valence-electron chi connectivity index (χ4n) is 1.63. The van der Waals surface area contributed by atoms with Crippen molar-refractivity contribution in [3.05, 3.63) is 23.7 Å². The van der Waals surface area contributed by atoms with Crippen LogP contribution in [-0.4, -0.2) is 30.3 Å². The monoisotopic (exact) mass is 280 g/mol. The Morgan fingerprint density at radius 1 is 1.30 bits per heavy atom. The van der Waals surface area contributed by atoms with Crippen molar-refractivity contribution in [1.82, 2.24) is 10.2 Å². The molecule has 1 aromatic rings. The number of carbonyl (C=O) groups excluding carboxylic acids is 2. The quantitative estimate of drug-likeness (QED) is 0.898. The third kappa shape index (κ3) is 5.07. The Morgan fingerprint density at radius 2 is 1.95 bits per heavy atom. The van der Waals surface area contributed by atoms with E-state index in [1.54, 1.807) is 11.9 Å². The third-order valence-electron chi connectivity index (χ3n) is 2.92. The number of nitrogens with one attached hydrogen (secondary N) is 1. The van der Waals surface area contributed by atoms with Crippen molar-refractivity contribution in [3.63, 3.8) is 0 Å². The van der Waals surface area contributed by atoms with Gasteiger partial charge in [0, 0.05) is 25.4 Å². The van der Waals surface area contributed by atoms with Crippen molar-refractivity contribution in [2.45, 2.75) is 40.7 Å². The summed E-state index contributed by atoms with van der Waals surface area (Å²) in [6.07, 6.45) is 0.290. The van der Waals surface area contributed by atoms with E-state index in [9.17, 15) is 9.59 Å². The summed E-state index contributed by atoms with van der Waals surface area (Å²) in [4.78, 5) is 25.2. The van der Waals surface area contributed by atoms with E-state index in [0.29, 0.717) is 13.1 Å². The molecule has 112 valence electrons. The van der Waals surface area contributed by atoms with Crippen LogP contribution >= 0.6 is 0 Å². The fourth-order valence-corrected chi connectivity index (χ4v) is 1.63. The SMILES string of the molecule is Cc1ccc(CN(C)C(=O)CCNC(=O)C(C)(C)C)o1. The maximum absolute atomic E-state index is 11.9. The molecular weight excluding hydrogens is 256 g/mol. The van der Waals surface area contributed by atoms with E-state index < -0.39 is 5.41 Å². The van der Waals surface area contributed by atoms with Gasteiger partial charge in [-0.2, -0.15) is 0 Å². The van der Waals surface area contributed by atoms with E-state index >= 15 is 0 Å². The molecule has 0 fully saturated rings. The molecule has 0 atom stereocenters. The largest absolute Gasteiger partial charge is 0.464 e. The second kappa shape index (κ2) is 6.59. The van der Waals surface area contributed by atoms with Crippen molar-refractivity contribution in [1.29, 1.82) is 0 Å². The van der Waals surface area contributed by atoms with Gasteiger partial charge in [-0.05, 0) is 19.1 Å². The van der Waals surface area contributed by atoms with Gasteiger partial charge < -0.3 is 14.6 Å². The molecule has 0 saturated heterocycles. The van der Waals surface area contributed by atoms with E-state index in [0.717, 1.165) is 11.5 Å². The smallest absolute Gasteiger partial charge is 0.225 e. The summed E-state index contributed by atoms with van der Waals surface area (Å²) in [7, 11) is 1.73. The lowest BCUT2D eigenvalue weighted by atomic mass is 9.96. The van der Waals surface area contributed by atoms with Crippen LogP contribution in [0.3, 0.4) is 0 Å². The molecule has 1 aromatic heterocycles. The predicted molar refractivity (Wildman–Crippen MR) is 77.0 cm³/mol. The van der Waals surface area contributed by atoms with Gasteiger partial charge in [0.25, 0.3) is 0 Å². The number of hydrogen-bond donors (Lipinski definition) is 1. The Kier molecular flexibility index (Phi) is 5.36. The molecule has 0 saturated carbocycles. The Balaban J connectivity index is 2.34. The Hall–Kier alpha value is -1.78. The third-order valence-corrected chi connectivity index (χ3v) is 2.92. The highest BCUT2D eigenvalue weighted by molar-refractivity contribution is 5.82. The van der Waals surface area contributed by atoms with E-state index in [1.807, 2.05) is 39.8 Å². The summed E-state index contributed by atoms with van der Waals surface area (Å²) < 4.78 is 5.43.